The molecule has 4 heteroatoms. The van der Waals surface area contributed by atoms with Crippen LogP contribution in [0.15, 0.2) is 18.2 Å². The van der Waals surface area contributed by atoms with E-state index in [1.165, 1.54) is 0 Å². The summed E-state index contributed by atoms with van der Waals surface area (Å²) in [7, 11) is 0. The molecule has 1 aliphatic rings. The molecule has 1 aliphatic carbocycles. The van der Waals surface area contributed by atoms with Crippen molar-refractivity contribution in [2.24, 2.45) is 11.1 Å². The highest BCUT2D eigenvalue weighted by Gasteiger charge is 2.52. The molecule has 96 valence electrons. The number of rotatable bonds is 4. The number of carbonyl (C=O) groups is 1. The van der Waals surface area contributed by atoms with Gasteiger partial charge in [-0.25, -0.2) is 0 Å². The summed E-state index contributed by atoms with van der Waals surface area (Å²) in [6.45, 7) is 4.07. The average Bonchev–Trinajstić information content (AvgIpc) is 3.12. The van der Waals surface area contributed by atoms with E-state index in [1.54, 1.807) is 0 Å². The van der Waals surface area contributed by atoms with Crippen molar-refractivity contribution in [3.63, 3.8) is 0 Å². The molecular formula is C14H18N2OS. The Balaban J connectivity index is 2.25. The summed E-state index contributed by atoms with van der Waals surface area (Å²) in [6, 6.07) is 6.03. The highest BCUT2D eigenvalue weighted by Crippen LogP contribution is 2.47. The molecule has 0 unspecified atom stereocenters. The fourth-order valence-electron chi connectivity index (χ4n) is 2.15. The summed E-state index contributed by atoms with van der Waals surface area (Å²) < 4.78 is 0. The summed E-state index contributed by atoms with van der Waals surface area (Å²) in [4.78, 5) is 12.6. The molecule has 1 aromatic carbocycles. The van der Waals surface area contributed by atoms with Crippen molar-refractivity contribution < 1.29 is 4.79 Å². The number of amides is 1. The number of carbonyl (C=O) groups excluding carboxylic acids is 1. The summed E-state index contributed by atoms with van der Waals surface area (Å²) in [5.74, 6) is -0.0565. The second-order valence-electron chi connectivity index (χ2n) is 4.86. The van der Waals surface area contributed by atoms with E-state index in [1.807, 2.05) is 25.1 Å². The van der Waals surface area contributed by atoms with Gasteiger partial charge in [-0.1, -0.05) is 37.3 Å². The van der Waals surface area contributed by atoms with Gasteiger partial charge >= 0.3 is 0 Å². The Morgan fingerprint density at radius 2 is 2.17 bits per heavy atom. The second kappa shape index (κ2) is 4.69. The maximum atomic E-state index is 12.3. The molecule has 1 amide bonds. The number of para-hydroxylation sites is 1. The van der Waals surface area contributed by atoms with Crippen molar-refractivity contribution >= 4 is 28.8 Å². The minimum absolute atomic E-state index is 0.0565. The quantitative estimate of drug-likeness (QED) is 0.820. The van der Waals surface area contributed by atoms with E-state index in [9.17, 15) is 4.79 Å². The van der Waals surface area contributed by atoms with E-state index < -0.39 is 5.41 Å². The predicted molar refractivity (Wildman–Crippen MR) is 77.6 cm³/mol. The lowest BCUT2D eigenvalue weighted by Crippen LogP contribution is -2.35. The molecule has 2 rings (SSSR count). The van der Waals surface area contributed by atoms with Crippen molar-refractivity contribution in [3.8, 4) is 0 Å². The lowest BCUT2D eigenvalue weighted by molar-refractivity contribution is -0.118. The Labute approximate surface area is 113 Å². The first-order valence-electron chi connectivity index (χ1n) is 6.21. The third-order valence-corrected chi connectivity index (χ3v) is 4.03. The van der Waals surface area contributed by atoms with Gasteiger partial charge in [0.05, 0.1) is 10.4 Å². The number of hydrogen-bond acceptors (Lipinski definition) is 2. The second-order valence-corrected chi connectivity index (χ2v) is 5.30. The average molecular weight is 262 g/mol. The largest absolute Gasteiger partial charge is 0.392 e. The zero-order valence-electron chi connectivity index (χ0n) is 10.7. The summed E-state index contributed by atoms with van der Waals surface area (Å²) >= 11 is 5.00. The van der Waals surface area contributed by atoms with Crippen LogP contribution >= 0.6 is 12.2 Å². The summed E-state index contributed by atoms with van der Waals surface area (Å²) in [6.07, 6.45) is 2.42. The van der Waals surface area contributed by atoms with Crippen LogP contribution in [0.1, 0.15) is 30.9 Å². The molecule has 18 heavy (non-hydrogen) atoms. The van der Waals surface area contributed by atoms with E-state index in [0.717, 1.165) is 36.1 Å². The Morgan fingerprint density at radius 3 is 2.67 bits per heavy atom. The number of anilines is 1. The SMILES string of the molecule is CCc1cccc(C)c1NC(=O)C1(C(N)=S)CC1. The Morgan fingerprint density at radius 1 is 1.50 bits per heavy atom. The third kappa shape index (κ3) is 2.12. The van der Waals surface area contributed by atoms with Crippen LogP contribution < -0.4 is 11.1 Å². The topological polar surface area (TPSA) is 55.1 Å². The van der Waals surface area contributed by atoms with Crippen LogP contribution in [0.2, 0.25) is 0 Å². The normalized spacial score (nSPS) is 16.1. The minimum atomic E-state index is -0.595. The van der Waals surface area contributed by atoms with Gasteiger partial charge in [-0.3, -0.25) is 4.79 Å². The van der Waals surface area contributed by atoms with Crippen molar-refractivity contribution in [1.82, 2.24) is 0 Å². The molecule has 1 saturated carbocycles. The van der Waals surface area contributed by atoms with Gasteiger partial charge in [0.1, 0.15) is 0 Å². The van der Waals surface area contributed by atoms with Crippen LogP contribution in [-0.4, -0.2) is 10.9 Å². The fourth-order valence-corrected chi connectivity index (χ4v) is 2.44. The number of nitrogens with one attached hydrogen (secondary N) is 1. The van der Waals surface area contributed by atoms with E-state index in [2.05, 4.69) is 12.2 Å². The first-order valence-corrected chi connectivity index (χ1v) is 6.62. The number of benzene rings is 1. The molecule has 0 aliphatic heterocycles. The monoisotopic (exact) mass is 262 g/mol. The summed E-state index contributed by atoms with van der Waals surface area (Å²) in [5, 5.41) is 3.01. The third-order valence-electron chi connectivity index (χ3n) is 3.63. The molecule has 0 aromatic heterocycles. The van der Waals surface area contributed by atoms with Gasteiger partial charge in [0, 0.05) is 5.69 Å². The first kappa shape index (κ1) is 13.0. The Kier molecular flexibility index (Phi) is 3.39. The van der Waals surface area contributed by atoms with E-state index in [0.29, 0.717) is 4.99 Å². The molecule has 0 heterocycles. The fraction of sp³-hybridized carbons (Fsp3) is 0.429. The lowest BCUT2D eigenvalue weighted by atomic mass is 10.0. The molecule has 1 aromatic rings. The van der Waals surface area contributed by atoms with Gasteiger partial charge in [0.25, 0.3) is 0 Å². The van der Waals surface area contributed by atoms with E-state index in [4.69, 9.17) is 18.0 Å². The molecular weight excluding hydrogens is 244 g/mol. The highest BCUT2D eigenvalue weighted by molar-refractivity contribution is 7.80. The van der Waals surface area contributed by atoms with Gasteiger partial charge in [-0.2, -0.15) is 0 Å². The van der Waals surface area contributed by atoms with Crippen molar-refractivity contribution in [1.29, 1.82) is 0 Å². The molecule has 3 nitrogen and oxygen atoms in total. The van der Waals surface area contributed by atoms with Gasteiger partial charge in [0.2, 0.25) is 5.91 Å². The number of thiocarbonyl (C=S) groups is 1. The van der Waals surface area contributed by atoms with Crippen LogP contribution in [0.3, 0.4) is 0 Å². The molecule has 0 atom stereocenters. The van der Waals surface area contributed by atoms with Crippen LogP contribution in [0, 0.1) is 12.3 Å². The molecule has 0 radical (unpaired) electrons. The number of nitrogens with two attached hydrogens (primary N) is 1. The molecule has 0 bridgehead atoms. The van der Waals surface area contributed by atoms with Crippen molar-refractivity contribution in [2.75, 3.05) is 5.32 Å². The molecule has 0 saturated heterocycles. The zero-order chi connectivity index (χ0) is 13.3. The molecule has 1 fully saturated rings. The lowest BCUT2D eigenvalue weighted by Gasteiger charge is -2.17. The van der Waals surface area contributed by atoms with E-state index >= 15 is 0 Å². The van der Waals surface area contributed by atoms with Gasteiger partial charge in [-0.05, 0) is 37.3 Å². The predicted octanol–water partition coefficient (Wildman–Crippen LogP) is 2.56. The summed E-state index contributed by atoms with van der Waals surface area (Å²) in [5.41, 5.74) is 8.19. The number of aryl methyl sites for hydroxylation is 2. The van der Waals surface area contributed by atoms with Crippen molar-refractivity contribution in [2.45, 2.75) is 33.1 Å². The van der Waals surface area contributed by atoms with Gasteiger partial charge < -0.3 is 11.1 Å². The van der Waals surface area contributed by atoms with Crippen LogP contribution in [0.5, 0.6) is 0 Å². The smallest absolute Gasteiger partial charge is 0.237 e. The maximum Gasteiger partial charge on any atom is 0.237 e. The Hall–Kier alpha value is -1.42. The molecule has 0 spiro atoms. The molecule has 3 N–H and O–H groups in total. The minimum Gasteiger partial charge on any atom is -0.392 e. The highest BCUT2D eigenvalue weighted by atomic mass is 32.1. The van der Waals surface area contributed by atoms with Gasteiger partial charge in [-0.15, -0.1) is 0 Å². The first-order chi connectivity index (χ1) is 8.51. The zero-order valence-corrected chi connectivity index (χ0v) is 11.6. The van der Waals surface area contributed by atoms with Crippen LogP contribution in [-0.2, 0) is 11.2 Å². The van der Waals surface area contributed by atoms with Crippen molar-refractivity contribution in [3.05, 3.63) is 29.3 Å². The van der Waals surface area contributed by atoms with Gasteiger partial charge in [0.15, 0.2) is 0 Å². The van der Waals surface area contributed by atoms with Crippen LogP contribution in [0.4, 0.5) is 5.69 Å². The number of hydrogen-bond donors (Lipinski definition) is 2. The Bertz CT molecular complexity index is 507. The van der Waals surface area contributed by atoms with E-state index in [-0.39, 0.29) is 5.91 Å². The van der Waals surface area contributed by atoms with Crippen LogP contribution in [0.25, 0.3) is 0 Å². The maximum absolute atomic E-state index is 12.3. The standard InChI is InChI=1S/C14H18N2OS/c1-3-10-6-4-5-9(2)11(10)16-13(17)14(7-8-14)12(15)18/h4-6H,3,7-8H2,1-2H3,(H2,15,18)(H,16,17).